The van der Waals surface area contributed by atoms with Crippen LogP contribution in [0.15, 0.2) is 0 Å². The van der Waals surface area contributed by atoms with Crippen LogP contribution in [0.4, 0.5) is 0 Å². The molecular weight excluding hydrogens is 228 g/mol. The van der Waals surface area contributed by atoms with Crippen molar-refractivity contribution in [3.05, 3.63) is 0 Å². The van der Waals surface area contributed by atoms with Crippen molar-refractivity contribution in [1.82, 2.24) is 0 Å². The van der Waals surface area contributed by atoms with Crippen molar-refractivity contribution in [3.8, 4) is 0 Å². The molecule has 6 N–H and O–H groups in total. The number of aliphatic hydroxyl groups is 6. The second-order valence-corrected chi connectivity index (χ2v) is 4.85. The average molecular weight is 250 g/mol. The lowest BCUT2D eigenvalue weighted by Gasteiger charge is -2.38. The summed E-state index contributed by atoms with van der Waals surface area (Å²) in [4.78, 5) is 0. The molecule has 0 radical (unpaired) electrons. The molecule has 6 heteroatoms. The van der Waals surface area contributed by atoms with Crippen molar-refractivity contribution >= 4 is 0 Å². The zero-order chi connectivity index (χ0) is 13.1. The van der Waals surface area contributed by atoms with Crippen LogP contribution in [-0.2, 0) is 0 Å². The normalized spacial score (nSPS) is 26.5. The van der Waals surface area contributed by atoms with E-state index in [2.05, 4.69) is 0 Å². The molecule has 1 saturated carbocycles. The van der Waals surface area contributed by atoms with Gasteiger partial charge in [0.25, 0.3) is 0 Å². The van der Waals surface area contributed by atoms with Crippen molar-refractivity contribution in [2.24, 2.45) is 11.8 Å². The first-order chi connectivity index (χ1) is 7.85. The number of hydrogen-bond acceptors (Lipinski definition) is 6. The van der Waals surface area contributed by atoms with Crippen LogP contribution in [-0.4, -0.2) is 55.4 Å². The maximum absolute atomic E-state index is 9.83. The van der Waals surface area contributed by atoms with Gasteiger partial charge in [-0.3, -0.25) is 0 Å². The van der Waals surface area contributed by atoms with Crippen molar-refractivity contribution in [1.29, 1.82) is 0 Å². The third kappa shape index (κ3) is 3.37. The van der Waals surface area contributed by atoms with E-state index >= 15 is 0 Å². The Bertz CT molecular complexity index is 216. The maximum atomic E-state index is 9.83. The van der Waals surface area contributed by atoms with Gasteiger partial charge in [0, 0.05) is 37.9 Å². The van der Waals surface area contributed by atoms with Crippen LogP contribution in [0.1, 0.15) is 32.1 Å². The van der Waals surface area contributed by atoms with E-state index in [1.54, 1.807) is 0 Å². The zero-order valence-corrected chi connectivity index (χ0v) is 9.79. The lowest BCUT2D eigenvalue weighted by atomic mass is 9.80. The fourth-order valence-corrected chi connectivity index (χ4v) is 2.77. The molecular formula is C11H22O6. The largest absolute Gasteiger partial charge is 0.396 e. The van der Waals surface area contributed by atoms with E-state index in [1.165, 1.54) is 0 Å². The molecule has 102 valence electrons. The minimum atomic E-state index is -2.10. The summed E-state index contributed by atoms with van der Waals surface area (Å²) in [5, 5.41) is 56.8. The number of rotatable bonds is 6. The quantitative estimate of drug-likeness (QED) is 0.320. The highest BCUT2D eigenvalue weighted by atomic mass is 16.5. The van der Waals surface area contributed by atoms with Gasteiger partial charge in [-0.2, -0.15) is 0 Å². The monoisotopic (exact) mass is 250 g/mol. The molecule has 0 amide bonds. The second kappa shape index (κ2) is 5.60. The van der Waals surface area contributed by atoms with Gasteiger partial charge in [0.2, 0.25) is 0 Å². The summed E-state index contributed by atoms with van der Waals surface area (Å²) >= 11 is 0. The molecule has 0 aromatic carbocycles. The van der Waals surface area contributed by atoms with E-state index in [0.717, 1.165) is 0 Å². The summed E-state index contributed by atoms with van der Waals surface area (Å²) in [5.41, 5.74) is 0. The molecule has 0 spiro atoms. The predicted octanol–water partition coefficient (Wildman–Crippen LogP) is -1.47. The second-order valence-electron chi connectivity index (χ2n) is 4.85. The van der Waals surface area contributed by atoms with Gasteiger partial charge in [0.15, 0.2) is 11.6 Å². The SMILES string of the molecule is OCCC(O)(O)C1CCCC1C(O)(O)CCO. The van der Waals surface area contributed by atoms with E-state index < -0.39 is 23.4 Å². The van der Waals surface area contributed by atoms with Gasteiger partial charge >= 0.3 is 0 Å². The fourth-order valence-electron chi connectivity index (χ4n) is 2.77. The Morgan fingerprint density at radius 1 is 0.765 bits per heavy atom. The Kier molecular flexibility index (Phi) is 4.88. The molecule has 0 aliphatic heterocycles. The number of aliphatic hydroxyl groups excluding tert-OH is 2. The third-order valence-corrected chi connectivity index (χ3v) is 3.66. The maximum Gasteiger partial charge on any atom is 0.168 e. The summed E-state index contributed by atoms with van der Waals surface area (Å²) in [7, 11) is 0. The van der Waals surface area contributed by atoms with Gasteiger partial charge < -0.3 is 30.6 Å². The lowest BCUT2D eigenvalue weighted by molar-refractivity contribution is -0.271. The van der Waals surface area contributed by atoms with Crippen molar-refractivity contribution in [2.75, 3.05) is 13.2 Å². The molecule has 1 aliphatic carbocycles. The molecule has 17 heavy (non-hydrogen) atoms. The van der Waals surface area contributed by atoms with Crippen molar-refractivity contribution in [3.63, 3.8) is 0 Å². The van der Waals surface area contributed by atoms with Crippen LogP contribution >= 0.6 is 0 Å². The van der Waals surface area contributed by atoms with Gasteiger partial charge in [-0.05, 0) is 12.8 Å². The average Bonchev–Trinajstić information content (AvgIpc) is 2.66. The summed E-state index contributed by atoms with van der Waals surface area (Å²) in [5.74, 6) is -5.59. The van der Waals surface area contributed by atoms with Gasteiger partial charge in [-0.1, -0.05) is 6.42 Å². The number of hydrogen-bond donors (Lipinski definition) is 6. The first-order valence-corrected chi connectivity index (χ1v) is 5.96. The van der Waals surface area contributed by atoms with E-state index in [1.807, 2.05) is 0 Å². The zero-order valence-electron chi connectivity index (χ0n) is 9.79. The molecule has 0 aromatic rings. The summed E-state index contributed by atoms with van der Waals surface area (Å²) in [6.45, 7) is -0.750. The predicted molar refractivity (Wildman–Crippen MR) is 58.6 cm³/mol. The topological polar surface area (TPSA) is 121 Å². The first-order valence-electron chi connectivity index (χ1n) is 5.96. The molecule has 1 rings (SSSR count). The lowest BCUT2D eigenvalue weighted by Crippen LogP contribution is -2.49. The van der Waals surface area contributed by atoms with Crippen LogP contribution < -0.4 is 0 Å². The Morgan fingerprint density at radius 3 is 1.41 bits per heavy atom. The molecule has 0 heterocycles. The molecule has 0 bridgehead atoms. The molecule has 2 atom stereocenters. The van der Waals surface area contributed by atoms with Crippen molar-refractivity contribution in [2.45, 2.75) is 43.7 Å². The highest BCUT2D eigenvalue weighted by Crippen LogP contribution is 2.44. The van der Waals surface area contributed by atoms with E-state index in [-0.39, 0.29) is 26.1 Å². The molecule has 6 nitrogen and oxygen atoms in total. The van der Waals surface area contributed by atoms with Crippen LogP contribution in [0.25, 0.3) is 0 Å². The minimum Gasteiger partial charge on any atom is -0.396 e. The van der Waals surface area contributed by atoms with Gasteiger partial charge in [0.05, 0.1) is 0 Å². The molecule has 1 fully saturated rings. The molecule has 0 aromatic heterocycles. The molecule has 1 aliphatic rings. The Labute approximate surface area is 100 Å². The van der Waals surface area contributed by atoms with E-state index in [9.17, 15) is 20.4 Å². The van der Waals surface area contributed by atoms with E-state index in [4.69, 9.17) is 10.2 Å². The first kappa shape index (κ1) is 14.8. The fraction of sp³-hybridized carbons (Fsp3) is 1.00. The van der Waals surface area contributed by atoms with Crippen LogP contribution in [0, 0.1) is 11.8 Å². The Hall–Kier alpha value is -0.240. The van der Waals surface area contributed by atoms with Crippen LogP contribution in [0.5, 0.6) is 0 Å². The third-order valence-electron chi connectivity index (χ3n) is 3.66. The standard InChI is InChI=1S/C11H22O6/c12-6-4-10(14,15)8-2-1-3-9(8)11(16,17)5-7-13/h8-9,12-17H,1-7H2. The summed E-state index contributed by atoms with van der Waals surface area (Å²) in [6, 6.07) is 0. The highest BCUT2D eigenvalue weighted by Gasteiger charge is 2.50. The molecule has 2 unspecified atom stereocenters. The Balaban J connectivity index is 2.79. The van der Waals surface area contributed by atoms with E-state index in [0.29, 0.717) is 19.3 Å². The Morgan fingerprint density at radius 2 is 1.12 bits per heavy atom. The van der Waals surface area contributed by atoms with Crippen LogP contribution in [0.3, 0.4) is 0 Å². The van der Waals surface area contributed by atoms with Gasteiger partial charge in [0.1, 0.15) is 0 Å². The highest BCUT2D eigenvalue weighted by molar-refractivity contribution is 4.93. The van der Waals surface area contributed by atoms with Crippen molar-refractivity contribution < 1.29 is 30.6 Å². The molecule has 0 saturated heterocycles. The smallest absolute Gasteiger partial charge is 0.168 e. The van der Waals surface area contributed by atoms with Gasteiger partial charge in [-0.15, -0.1) is 0 Å². The van der Waals surface area contributed by atoms with Crippen LogP contribution in [0.2, 0.25) is 0 Å². The summed E-state index contributed by atoms with van der Waals surface area (Å²) in [6.07, 6.45) is 1.16. The minimum absolute atomic E-state index is 0.219. The van der Waals surface area contributed by atoms with Gasteiger partial charge in [-0.25, -0.2) is 0 Å². The summed E-state index contributed by atoms with van der Waals surface area (Å²) < 4.78 is 0.